The molecule has 0 rings (SSSR count). The van der Waals surface area contributed by atoms with Crippen LogP contribution < -0.4 is 0 Å². The lowest BCUT2D eigenvalue weighted by Gasteiger charge is -2.18. The average molecular weight is 1050 g/mol. The number of allylic oxidation sites excluding steroid dienone is 12. The van der Waals surface area contributed by atoms with Gasteiger partial charge < -0.3 is 14.2 Å². The van der Waals surface area contributed by atoms with Gasteiger partial charge in [-0.1, -0.05) is 267 Å². The molecule has 0 aliphatic rings. The van der Waals surface area contributed by atoms with Crippen LogP contribution in [0.5, 0.6) is 0 Å². The molecule has 1 atom stereocenters. The highest BCUT2D eigenvalue weighted by atomic mass is 16.6. The molecule has 0 aromatic heterocycles. The van der Waals surface area contributed by atoms with Crippen LogP contribution >= 0.6 is 0 Å². The van der Waals surface area contributed by atoms with E-state index in [4.69, 9.17) is 14.2 Å². The zero-order chi connectivity index (χ0) is 54.3. The fourth-order valence-corrected chi connectivity index (χ4v) is 9.24. The minimum absolute atomic E-state index is 0.0806. The van der Waals surface area contributed by atoms with Crippen molar-refractivity contribution in [2.24, 2.45) is 0 Å². The van der Waals surface area contributed by atoms with Gasteiger partial charge in [-0.15, -0.1) is 0 Å². The number of carbonyl (C=O) groups excluding carboxylic acids is 3. The van der Waals surface area contributed by atoms with Crippen LogP contribution in [-0.4, -0.2) is 37.2 Å². The summed E-state index contributed by atoms with van der Waals surface area (Å²) in [5.74, 6) is -0.881. The fraction of sp³-hybridized carbons (Fsp3) is 0.783. The summed E-state index contributed by atoms with van der Waals surface area (Å²) in [5, 5.41) is 0. The summed E-state index contributed by atoms with van der Waals surface area (Å²) in [6, 6.07) is 0. The second-order valence-corrected chi connectivity index (χ2v) is 21.7. The molecule has 0 aromatic carbocycles. The van der Waals surface area contributed by atoms with Crippen LogP contribution in [0.15, 0.2) is 72.9 Å². The number of carbonyl (C=O) groups is 3. The lowest BCUT2D eigenvalue weighted by molar-refractivity contribution is -0.167. The smallest absolute Gasteiger partial charge is 0.306 e. The van der Waals surface area contributed by atoms with E-state index in [9.17, 15) is 14.4 Å². The summed E-state index contributed by atoms with van der Waals surface area (Å²) in [7, 11) is 0. The average Bonchev–Trinajstić information content (AvgIpc) is 3.41. The van der Waals surface area contributed by atoms with Gasteiger partial charge in [-0.05, 0) is 116 Å². The third kappa shape index (κ3) is 61.6. The molecule has 0 saturated heterocycles. The molecule has 434 valence electrons. The molecule has 1 unspecified atom stereocenters. The van der Waals surface area contributed by atoms with Crippen molar-refractivity contribution in [3.8, 4) is 0 Å². The maximum atomic E-state index is 12.9. The topological polar surface area (TPSA) is 78.9 Å². The van der Waals surface area contributed by atoms with E-state index >= 15 is 0 Å². The Balaban J connectivity index is 4.38. The van der Waals surface area contributed by atoms with E-state index in [2.05, 4.69) is 93.7 Å². The standard InChI is InChI=1S/C69H122O6/c1-4-7-10-13-16-19-22-25-28-31-33-34-36-38-41-44-47-50-53-56-59-62-68(71)74-65-66(64-73-67(70)61-58-55-52-49-46-43-40-37-30-27-24-21-18-15-12-9-6-3)75-69(72)63-60-57-54-51-48-45-42-39-35-32-29-26-23-20-17-14-11-8-5-2/h17-18,20-22,25-27,29-31,33,66H,4-16,19,23-24,28,32,34-65H2,1-3H3/b20-17-,21-18-,25-22-,29-26-,30-27-,33-31-. The van der Waals surface area contributed by atoms with Crippen LogP contribution in [0, 0.1) is 0 Å². The lowest BCUT2D eigenvalue weighted by atomic mass is 10.1. The number of hydrogen-bond acceptors (Lipinski definition) is 6. The van der Waals surface area contributed by atoms with E-state index in [1.807, 2.05) is 0 Å². The summed E-state index contributed by atoms with van der Waals surface area (Å²) >= 11 is 0. The summed E-state index contributed by atoms with van der Waals surface area (Å²) < 4.78 is 16.9. The predicted molar refractivity (Wildman–Crippen MR) is 325 cm³/mol. The summed E-state index contributed by atoms with van der Waals surface area (Å²) in [6.07, 6.45) is 81.8. The van der Waals surface area contributed by atoms with E-state index in [1.165, 1.54) is 205 Å². The van der Waals surface area contributed by atoms with Crippen LogP contribution in [0.25, 0.3) is 0 Å². The maximum absolute atomic E-state index is 12.9. The number of ether oxygens (including phenoxy) is 3. The first-order valence-corrected chi connectivity index (χ1v) is 32.4. The highest BCUT2D eigenvalue weighted by Gasteiger charge is 2.19. The fourth-order valence-electron chi connectivity index (χ4n) is 9.24. The van der Waals surface area contributed by atoms with Crippen molar-refractivity contribution in [2.75, 3.05) is 13.2 Å². The molecule has 6 heteroatoms. The molecule has 75 heavy (non-hydrogen) atoms. The van der Waals surface area contributed by atoms with Crippen LogP contribution in [0.3, 0.4) is 0 Å². The SMILES string of the molecule is CCCCC/C=C\C/C=C\CCCCCCCCCCCC(=O)OC(COC(=O)CCCCCCCCC/C=C\C/C=C\CCCCC)COC(=O)CCCCCCCCCCC/C=C\C/C=C\CCCCCCC. The normalized spacial score (nSPS) is 12.5. The molecule has 0 aliphatic carbocycles. The van der Waals surface area contributed by atoms with Crippen molar-refractivity contribution >= 4 is 17.9 Å². The molecule has 0 spiro atoms. The van der Waals surface area contributed by atoms with Gasteiger partial charge in [-0.25, -0.2) is 0 Å². The predicted octanol–water partition coefficient (Wildman–Crippen LogP) is 22.1. The molecule has 0 aromatic rings. The molecule has 0 heterocycles. The molecule has 0 saturated carbocycles. The summed E-state index contributed by atoms with van der Waals surface area (Å²) in [6.45, 7) is 6.61. The second kappa shape index (κ2) is 63.4. The quantitative estimate of drug-likeness (QED) is 0.0261. The number of hydrogen-bond donors (Lipinski definition) is 0. The molecule has 0 bridgehead atoms. The zero-order valence-corrected chi connectivity index (χ0v) is 49.8. The molecule has 0 N–H and O–H groups in total. The number of unbranched alkanes of at least 4 members (excludes halogenated alkanes) is 36. The van der Waals surface area contributed by atoms with Crippen LogP contribution in [0.2, 0.25) is 0 Å². The Kier molecular flexibility index (Phi) is 60.7. The monoisotopic (exact) mass is 1050 g/mol. The number of esters is 3. The second-order valence-electron chi connectivity index (χ2n) is 21.7. The maximum Gasteiger partial charge on any atom is 0.306 e. The van der Waals surface area contributed by atoms with Gasteiger partial charge in [0.2, 0.25) is 0 Å². The molecule has 0 radical (unpaired) electrons. The number of rotatable bonds is 59. The van der Waals surface area contributed by atoms with Gasteiger partial charge in [0, 0.05) is 19.3 Å². The Hall–Kier alpha value is -3.15. The minimum atomic E-state index is -0.784. The van der Waals surface area contributed by atoms with Crippen LogP contribution in [0.4, 0.5) is 0 Å². The Labute approximate surface area is 465 Å². The third-order valence-electron chi connectivity index (χ3n) is 14.2. The highest BCUT2D eigenvalue weighted by Crippen LogP contribution is 2.16. The highest BCUT2D eigenvalue weighted by molar-refractivity contribution is 5.71. The van der Waals surface area contributed by atoms with Gasteiger partial charge in [0.25, 0.3) is 0 Å². The van der Waals surface area contributed by atoms with E-state index in [0.29, 0.717) is 19.3 Å². The first-order chi connectivity index (χ1) is 37.0. The molecule has 6 nitrogen and oxygen atoms in total. The van der Waals surface area contributed by atoms with E-state index in [-0.39, 0.29) is 31.1 Å². The van der Waals surface area contributed by atoms with Crippen molar-refractivity contribution in [1.82, 2.24) is 0 Å². The first-order valence-electron chi connectivity index (χ1n) is 32.4. The largest absolute Gasteiger partial charge is 0.462 e. The molecular weight excluding hydrogens is 925 g/mol. The van der Waals surface area contributed by atoms with Gasteiger partial charge in [0.15, 0.2) is 6.10 Å². The minimum Gasteiger partial charge on any atom is -0.462 e. The van der Waals surface area contributed by atoms with E-state index < -0.39 is 6.10 Å². The van der Waals surface area contributed by atoms with Crippen molar-refractivity contribution < 1.29 is 28.6 Å². The summed E-state index contributed by atoms with van der Waals surface area (Å²) in [5.41, 5.74) is 0. The Morgan fingerprint density at radius 1 is 0.267 bits per heavy atom. The molecular formula is C69H122O6. The van der Waals surface area contributed by atoms with Crippen molar-refractivity contribution in [3.05, 3.63) is 72.9 Å². The first kappa shape index (κ1) is 71.8. The molecule has 0 aliphatic heterocycles. The van der Waals surface area contributed by atoms with Crippen molar-refractivity contribution in [2.45, 2.75) is 335 Å². The molecule has 0 fully saturated rings. The van der Waals surface area contributed by atoms with Crippen LogP contribution in [0.1, 0.15) is 329 Å². The van der Waals surface area contributed by atoms with Gasteiger partial charge in [-0.2, -0.15) is 0 Å². The third-order valence-corrected chi connectivity index (χ3v) is 14.2. The van der Waals surface area contributed by atoms with Gasteiger partial charge >= 0.3 is 17.9 Å². The molecule has 0 amide bonds. The van der Waals surface area contributed by atoms with E-state index in [1.54, 1.807) is 0 Å². The van der Waals surface area contributed by atoms with E-state index in [0.717, 1.165) is 83.5 Å². The zero-order valence-electron chi connectivity index (χ0n) is 49.8. The van der Waals surface area contributed by atoms with Gasteiger partial charge in [-0.3, -0.25) is 14.4 Å². The van der Waals surface area contributed by atoms with Gasteiger partial charge in [0.1, 0.15) is 13.2 Å². The van der Waals surface area contributed by atoms with Gasteiger partial charge in [0.05, 0.1) is 0 Å². The lowest BCUT2D eigenvalue weighted by Crippen LogP contribution is -2.30. The Morgan fingerprint density at radius 3 is 0.760 bits per heavy atom. The van der Waals surface area contributed by atoms with Crippen molar-refractivity contribution in [3.63, 3.8) is 0 Å². The van der Waals surface area contributed by atoms with Crippen LogP contribution in [-0.2, 0) is 28.6 Å². The Morgan fingerprint density at radius 2 is 0.480 bits per heavy atom. The summed E-state index contributed by atoms with van der Waals surface area (Å²) in [4.78, 5) is 38.4. The van der Waals surface area contributed by atoms with Crippen molar-refractivity contribution in [1.29, 1.82) is 0 Å². The Bertz CT molecular complexity index is 1390.